The van der Waals surface area contributed by atoms with Crippen LogP contribution in [-0.4, -0.2) is 62.5 Å². The molecule has 0 unspecified atom stereocenters. The number of likely N-dealkylation sites (tertiary alicyclic amines) is 1. The second kappa shape index (κ2) is 7.42. The van der Waals surface area contributed by atoms with Gasteiger partial charge in [0.15, 0.2) is 0 Å². The van der Waals surface area contributed by atoms with Gasteiger partial charge in [0.05, 0.1) is 12.3 Å². The van der Waals surface area contributed by atoms with E-state index in [-0.39, 0.29) is 30.0 Å². The van der Waals surface area contributed by atoms with Gasteiger partial charge in [-0.15, -0.1) is 0 Å². The van der Waals surface area contributed by atoms with Crippen molar-refractivity contribution in [3.8, 4) is 0 Å². The van der Waals surface area contributed by atoms with Gasteiger partial charge in [0.2, 0.25) is 15.9 Å². The van der Waals surface area contributed by atoms with Crippen LogP contribution in [0.3, 0.4) is 0 Å². The van der Waals surface area contributed by atoms with E-state index in [1.54, 1.807) is 11.8 Å². The lowest BCUT2D eigenvalue weighted by atomic mass is 9.89. The Hall–Kier alpha value is -1.44. The van der Waals surface area contributed by atoms with E-state index in [9.17, 15) is 13.2 Å². The highest BCUT2D eigenvalue weighted by molar-refractivity contribution is 7.89. The SMILES string of the molecule is CCS(=O)(=O)N(C)CC(=O)N1C[C@@H](CN)[C@H](c2ccccc2)C1. The van der Waals surface area contributed by atoms with E-state index in [1.165, 1.54) is 12.6 Å². The minimum atomic E-state index is -3.35. The van der Waals surface area contributed by atoms with Crippen LogP contribution in [0.5, 0.6) is 0 Å². The van der Waals surface area contributed by atoms with Crippen LogP contribution >= 0.6 is 0 Å². The average Bonchev–Trinajstić information content (AvgIpc) is 3.00. The molecule has 0 radical (unpaired) electrons. The molecule has 1 heterocycles. The zero-order valence-electron chi connectivity index (χ0n) is 13.7. The van der Waals surface area contributed by atoms with Crippen molar-refractivity contribution >= 4 is 15.9 Å². The first-order valence-electron chi connectivity index (χ1n) is 7.85. The van der Waals surface area contributed by atoms with Crippen LogP contribution in [0.25, 0.3) is 0 Å². The summed E-state index contributed by atoms with van der Waals surface area (Å²) in [5.74, 6) is 0.239. The highest BCUT2D eigenvalue weighted by Crippen LogP contribution is 2.32. The quantitative estimate of drug-likeness (QED) is 0.816. The molecule has 128 valence electrons. The van der Waals surface area contributed by atoms with Gasteiger partial charge < -0.3 is 10.6 Å². The summed E-state index contributed by atoms with van der Waals surface area (Å²) in [7, 11) is -1.90. The fourth-order valence-corrected chi connectivity index (χ4v) is 3.75. The van der Waals surface area contributed by atoms with Crippen molar-refractivity contribution in [2.75, 3.05) is 39.0 Å². The maximum absolute atomic E-state index is 12.4. The van der Waals surface area contributed by atoms with Crippen LogP contribution in [0.2, 0.25) is 0 Å². The monoisotopic (exact) mass is 339 g/mol. The Kier molecular flexibility index (Phi) is 5.78. The number of hydrogen-bond donors (Lipinski definition) is 1. The predicted molar refractivity (Wildman–Crippen MR) is 90.4 cm³/mol. The van der Waals surface area contributed by atoms with Crippen molar-refractivity contribution in [2.45, 2.75) is 12.8 Å². The largest absolute Gasteiger partial charge is 0.341 e. The van der Waals surface area contributed by atoms with Crippen molar-refractivity contribution < 1.29 is 13.2 Å². The molecule has 1 fully saturated rings. The van der Waals surface area contributed by atoms with Crippen LogP contribution in [0.1, 0.15) is 18.4 Å². The molecule has 0 aromatic heterocycles. The minimum absolute atomic E-state index is 0.00511. The van der Waals surface area contributed by atoms with E-state index in [4.69, 9.17) is 5.73 Å². The van der Waals surface area contributed by atoms with Gasteiger partial charge in [-0.25, -0.2) is 8.42 Å². The lowest BCUT2D eigenvalue weighted by Crippen LogP contribution is -2.41. The highest BCUT2D eigenvalue weighted by atomic mass is 32.2. The topological polar surface area (TPSA) is 83.7 Å². The average molecular weight is 339 g/mol. The first kappa shape index (κ1) is 17.9. The summed E-state index contributed by atoms with van der Waals surface area (Å²) < 4.78 is 24.7. The molecular weight excluding hydrogens is 314 g/mol. The number of carbonyl (C=O) groups excluding carboxylic acids is 1. The molecule has 7 heteroatoms. The molecule has 1 aliphatic rings. The van der Waals surface area contributed by atoms with Gasteiger partial charge in [-0.1, -0.05) is 30.3 Å². The van der Waals surface area contributed by atoms with E-state index in [0.717, 1.165) is 4.31 Å². The number of nitrogens with zero attached hydrogens (tertiary/aromatic N) is 2. The number of likely N-dealkylation sites (N-methyl/N-ethyl adjacent to an activating group) is 1. The summed E-state index contributed by atoms with van der Waals surface area (Å²) >= 11 is 0. The molecule has 2 atom stereocenters. The van der Waals surface area contributed by atoms with Gasteiger partial charge in [-0.3, -0.25) is 4.79 Å². The molecule has 6 nitrogen and oxygen atoms in total. The Morgan fingerprint density at radius 1 is 1.30 bits per heavy atom. The van der Waals surface area contributed by atoms with E-state index in [0.29, 0.717) is 19.6 Å². The van der Waals surface area contributed by atoms with E-state index in [1.807, 2.05) is 18.2 Å². The standard InChI is InChI=1S/C16H25N3O3S/c1-3-23(21,22)18(2)12-16(20)19-10-14(9-17)15(11-19)13-7-5-4-6-8-13/h4-8,14-15H,3,9-12,17H2,1-2H3/t14-,15+/m1/s1. The van der Waals surface area contributed by atoms with E-state index >= 15 is 0 Å². The molecule has 2 rings (SSSR count). The number of rotatable bonds is 6. The molecule has 0 bridgehead atoms. The third-order valence-electron chi connectivity index (χ3n) is 4.52. The minimum Gasteiger partial charge on any atom is -0.341 e. The molecule has 23 heavy (non-hydrogen) atoms. The third-order valence-corrected chi connectivity index (χ3v) is 6.33. The predicted octanol–water partition coefficient (Wildman–Crippen LogP) is 0.469. The van der Waals surface area contributed by atoms with Crippen molar-refractivity contribution in [2.24, 2.45) is 11.7 Å². The number of amides is 1. The molecule has 1 aromatic carbocycles. The number of carbonyl (C=O) groups is 1. The number of nitrogens with two attached hydrogens (primary N) is 1. The lowest BCUT2D eigenvalue weighted by molar-refractivity contribution is -0.130. The second-order valence-electron chi connectivity index (χ2n) is 5.97. The lowest BCUT2D eigenvalue weighted by Gasteiger charge is -2.21. The Labute approximate surface area is 138 Å². The third kappa shape index (κ3) is 4.10. The Balaban J connectivity index is 2.06. The molecule has 1 amide bonds. The fourth-order valence-electron chi connectivity index (χ4n) is 3.00. The van der Waals surface area contributed by atoms with Crippen molar-refractivity contribution in [1.82, 2.24) is 9.21 Å². The molecule has 1 aromatic rings. The second-order valence-corrected chi connectivity index (χ2v) is 8.33. The zero-order chi connectivity index (χ0) is 17.0. The molecule has 1 aliphatic heterocycles. The molecule has 2 N–H and O–H groups in total. The summed E-state index contributed by atoms with van der Waals surface area (Å²) in [6, 6.07) is 10.0. The smallest absolute Gasteiger partial charge is 0.237 e. The van der Waals surface area contributed by atoms with E-state index < -0.39 is 10.0 Å². The normalized spacial score (nSPS) is 21.8. The molecule has 1 saturated heterocycles. The summed E-state index contributed by atoms with van der Waals surface area (Å²) in [4.78, 5) is 14.2. The summed E-state index contributed by atoms with van der Waals surface area (Å²) in [6.07, 6.45) is 0. The van der Waals surface area contributed by atoms with Gasteiger partial charge in [0.25, 0.3) is 0 Å². The van der Waals surface area contributed by atoms with Crippen LogP contribution in [0.4, 0.5) is 0 Å². The molecular formula is C16H25N3O3S. The van der Waals surface area contributed by atoms with Gasteiger partial charge >= 0.3 is 0 Å². The van der Waals surface area contributed by atoms with Gasteiger partial charge in [-0.2, -0.15) is 4.31 Å². The first-order valence-corrected chi connectivity index (χ1v) is 9.46. The van der Waals surface area contributed by atoms with Gasteiger partial charge in [0.1, 0.15) is 0 Å². The van der Waals surface area contributed by atoms with Crippen LogP contribution in [-0.2, 0) is 14.8 Å². The Bertz CT molecular complexity index is 633. The fraction of sp³-hybridized carbons (Fsp3) is 0.562. The maximum atomic E-state index is 12.4. The van der Waals surface area contributed by atoms with E-state index in [2.05, 4.69) is 12.1 Å². The van der Waals surface area contributed by atoms with Crippen molar-refractivity contribution in [1.29, 1.82) is 0 Å². The summed E-state index contributed by atoms with van der Waals surface area (Å²) in [6.45, 7) is 3.13. The first-order chi connectivity index (χ1) is 10.9. The number of benzene rings is 1. The van der Waals surface area contributed by atoms with Gasteiger partial charge in [0, 0.05) is 26.1 Å². The Morgan fingerprint density at radius 3 is 2.52 bits per heavy atom. The zero-order valence-corrected chi connectivity index (χ0v) is 14.5. The summed E-state index contributed by atoms with van der Waals surface area (Å²) in [5, 5.41) is 0. The van der Waals surface area contributed by atoms with Crippen LogP contribution in [0.15, 0.2) is 30.3 Å². The Morgan fingerprint density at radius 2 is 1.96 bits per heavy atom. The maximum Gasteiger partial charge on any atom is 0.237 e. The van der Waals surface area contributed by atoms with Gasteiger partial charge in [-0.05, 0) is 24.9 Å². The van der Waals surface area contributed by atoms with Crippen molar-refractivity contribution in [3.63, 3.8) is 0 Å². The number of hydrogen-bond acceptors (Lipinski definition) is 4. The summed E-state index contributed by atoms with van der Waals surface area (Å²) in [5.41, 5.74) is 7.05. The molecule has 0 saturated carbocycles. The highest BCUT2D eigenvalue weighted by Gasteiger charge is 2.35. The van der Waals surface area contributed by atoms with Crippen molar-refractivity contribution in [3.05, 3.63) is 35.9 Å². The molecule has 0 spiro atoms. The van der Waals surface area contributed by atoms with Crippen LogP contribution in [0, 0.1) is 5.92 Å². The molecule has 0 aliphatic carbocycles. The number of sulfonamides is 1. The van der Waals surface area contributed by atoms with Crippen LogP contribution < -0.4 is 5.73 Å².